The standard InChI is InChI=1S/C17H15N5O3S2.C17H15N5O2S2.C17H13N5OS2.H2O4S/c1-21-12-11(13-15(21)20-17(26-13)27(2)25)7-19-22(16(12)24)8-9-3-5-10(6-4-9)14(18)23;1-21-12-11(13-15(21)20-17(25-2)26-13)7-19-22(16(12)24)8-9-3-5-10(6-4-9)14(18)23;1-21-13-12(14-15(21)20-17(24-2)25-14)8-19-22(16(13)23)9-11-5-3-10(7-18)4-6-11;1-5(2,3)4/h3-7H,8H2,1-2H3,(H2,18,23);3-7H,8H2,1-2H3,(H2,18,23);3-6,8H,9H2,1-2H3;(H2,1,2,3,4). The van der Waals surface area contributed by atoms with Crippen molar-refractivity contribution in [2.24, 2.45) is 32.6 Å². The van der Waals surface area contributed by atoms with Crippen LogP contribution in [0.25, 0.3) is 63.8 Å². The van der Waals surface area contributed by atoms with Crippen LogP contribution in [0.3, 0.4) is 0 Å². The molecule has 9 aromatic heterocycles. The van der Waals surface area contributed by atoms with E-state index in [1.165, 1.54) is 25.4 Å². The molecule has 0 fully saturated rings. The molecule has 0 aliphatic rings. The number of carbonyl (C=O) groups is 2. The van der Waals surface area contributed by atoms with Gasteiger partial charge in [-0.1, -0.05) is 59.9 Å². The zero-order chi connectivity index (χ0) is 59.8. The van der Waals surface area contributed by atoms with Crippen molar-refractivity contribution in [3.05, 3.63) is 156 Å². The van der Waals surface area contributed by atoms with Crippen LogP contribution in [0.4, 0.5) is 0 Å². The van der Waals surface area contributed by atoms with Gasteiger partial charge in [0.15, 0.2) is 30.0 Å². The lowest BCUT2D eigenvalue weighted by Crippen LogP contribution is -2.24. The third kappa shape index (κ3) is 12.4. The molecule has 6 N–H and O–H groups in total. The van der Waals surface area contributed by atoms with E-state index in [2.05, 4.69) is 36.3 Å². The Bertz CT molecular complexity index is 4890. The van der Waals surface area contributed by atoms with Crippen molar-refractivity contribution in [3.8, 4) is 6.07 Å². The Hall–Kier alpha value is -8.26. The monoisotopic (exact) mass is 1250 g/mol. The molecule has 0 aliphatic heterocycles. The number of benzene rings is 3. The second kappa shape index (κ2) is 24.3. The molecule has 3 aromatic carbocycles. The Morgan fingerprint density at radius 3 is 1.20 bits per heavy atom. The Labute approximate surface area is 491 Å². The molecule has 0 radical (unpaired) electrons. The summed E-state index contributed by atoms with van der Waals surface area (Å²) in [6.07, 6.45) is 10.6. The summed E-state index contributed by atoms with van der Waals surface area (Å²) in [5.74, 6) is -0.976. The number of aromatic nitrogens is 12. The lowest BCUT2D eigenvalue weighted by molar-refractivity contribution is 0.0992. The maximum atomic E-state index is 12.9. The minimum atomic E-state index is -4.67. The van der Waals surface area contributed by atoms with Gasteiger partial charge in [-0.2, -0.15) is 29.0 Å². The van der Waals surface area contributed by atoms with E-state index in [-0.39, 0.29) is 23.2 Å². The highest BCUT2D eigenvalue weighted by atomic mass is 32.3. The van der Waals surface area contributed by atoms with Gasteiger partial charge in [0.25, 0.3) is 16.7 Å². The Kier molecular flexibility index (Phi) is 17.4. The number of hydrogen-bond donors (Lipinski definition) is 4. The average Bonchev–Trinajstić information content (AvgIpc) is 2.24. The predicted octanol–water partition coefficient (Wildman–Crippen LogP) is 5.78. The molecule has 0 spiro atoms. The van der Waals surface area contributed by atoms with Gasteiger partial charge < -0.3 is 25.2 Å². The SMILES string of the molecule is CSc1nc2c(s1)c1cnn(Cc3ccc(C#N)cc3)c(=O)c1n2C.CSc1nc2c(s1)c1cnn(Cc3ccc(C(N)=O)cc3)c(=O)c1n2C.Cn1c2nc(S(C)=O)sc2c2cnn(Cc3ccc(C(N)=O)cc3)c(=O)c21.O=S(=O)(O)O. The normalized spacial score (nSPS) is 11.8. The number of hydrogen-bond acceptors (Lipinski definition) is 20. The van der Waals surface area contributed by atoms with Crippen molar-refractivity contribution >= 4 is 154 Å². The molecule has 0 saturated carbocycles. The summed E-state index contributed by atoms with van der Waals surface area (Å²) < 4.78 is 58.1. The molecule has 0 aliphatic carbocycles. The van der Waals surface area contributed by atoms with Gasteiger partial charge >= 0.3 is 10.4 Å². The third-order valence-corrected chi connectivity index (χ3v) is 19.2. The number of amides is 2. The molecule has 1 atom stereocenters. The smallest absolute Gasteiger partial charge is 0.366 e. The lowest BCUT2D eigenvalue weighted by Gasteiger charge is -2.06. The quantitative estimate of drug-likeness (QED) is 0.0881. The van der Waals surface area contributed by atoms with Crippen LogP contribution < -0.4 is 28.1 Å². The van der Waals surface area contributed by atoms with Crippen LogP contribution in [0.15, 0.2) is 119 Å². The van der Waals surface area contributed by atoms with Crippen LogP contribution in [0, 0.1) is 11.3 Å². The van der Waals surface area contributed by atoms with Crippen LogP contribution >= 0.6 is 57.5 Å². The molecule has 32 heteroatoms. The minimum Gasteiger partial charge on any atom is -0.366 e. The molecule has 12 aromatic rings. The second-order valence-electron chi connectivity index (χ2n) is 17.9. The lowest BCUT2D eigenvalue weighted by atomic mass is 10.1. The number of aryl methyl sites for hydroxylation is 3. The maximum absolute atomic E-state index is 12.9. The van der Waals surface area contributed by atoms with Crippen LogP contribution in [-0.2, 0) is 62.0 Å². The van der Waals surface area contributed by atoms with Crippen molar-refractivity contribution in [2.75, 3.05) is 18.8 Å². The van der Waals surface area contributed by atoms with Gasteiger partial charge in [-0.3, -0.25) is 37.3 Å². The number of nitriles is 1. The summed E-state index contributed by atoms with van der Waals surface area (Å²) >= 11 is 7.65. The van der Waals surface area contributed by atoms with Gasteiger partial charge in [-0.15, -0.1) is 34.0 Å². The van der Waals surface area contributed by atoms with Crippen LogP contribution in [0.5, 0.6) is 0 Å². The van der Waals surface area contributed by atoms with E-state index in [1.54, 1.807) is 143 Å². The largest absolute Gasteiger partial charge is 0.394 e. The van der Waals surface area contributed by atoms with Crippen LogP contribution in [-0.4, -0.2) is 110 Å². The van der Waals surface area contributed by atoms with Gasteiger partial charge in [0.1, 0.15) is 16.6 Å². The summed E-state index contributed by atoms with van der Waals surface area (Å²) in [6, 6.07) is 22.8. The van der Waals surface area contributed by atoms with Crippen molar-refractivity contribution in [1.29, 1.82) is 5.26 Å². The topological polar surface area (TPSA) is 360 Å². The van der Waals surface area contributed by atoms with E-state index in [1.807, 2.05) is 47.9 Å². The fraction of sp³-hybridized carbons (Fsp3) is 0.176. The summed E-state index contributed by atoms with van der Waals surface area (Å²) in [6.45, 7) is 0.948. The predicted molar refractivity (Wildman–Crippen MR) is 323 cm³/mol. The molecular formula is C51H45N15O10S7. The van der Waals surface area contributed by atoms with Gasteiger partial charge in [0.2, 0.25) is 11.8 Å². The molecule has 1 unspecified atom stereocenters. The molecule has 426 valence electrons. The Morgan fingerprint density at radius 2 is 0.904 bits per heavy atom. The number of nitrogens with two attached hydrogens (primary N) is 2. The Balaban J connectivity index is 0.000000144. The summed E-state index contributed by atoms with van der Waals surface area (Å²) in [4.78, 5) is 74.6. The first-order chi connectivity index (χ1) is 39.5. The van der Waals surface area contributed by atoms with Crippen molar-refractivity contribution < 1.29 is 31.3 Å². The zero-order valence-corrected chi connectivity index (χ0v) is 50.0. The number of primary amides is 2. The van der Waals surface area contributed by atoms with E-state index in [9.17, 15) is 28.2 Å². The molecule has 0 saturated heterocycles. The number of fused-ring (bicyclic) bond motifs is 9. The molecule has 0 bridgehead atoms. The highest BCUT2D eigenvalue weighted by Gasteiger charge is 2.22. The van der Waals surface area contributed by atoms with Crippen molar-refractivity contribution in [2.45, 2.75) is 32.7 Å². The first-order valence-electron chi connectivity index (χ1n) is 23.9. The molecule has 9 heterocycles. The van der Waals surface area contributed by atoms with E-state index in [4.69, 9.17) is 34.3 Å². The number of rotatable bonds is 11. The molecule has 25 nitrogen and oxygen atoms in total. The number of thiazole rings is 3. The first-order valence-corrected chi connectivity index (χ1v) is 31.8. The first kappa shape index (κ1) is 59.4. The average molecular weight is 1250 g/mol. The highest BCUT2D eigenvalue weighted by molar-refractivity contribution is 8.00. The minimum absolute atomic E-state index is 0.139. The van der Waals surface area contributed by atoms with Gasteiger partial charge in [-0.25, -0.2) is 29.0 Å². The van der Waals surface area contributed by atoms with Gasteiger partial charge in [-0.05, 0) is 65.6 Å². The summed E-state index contributed by atoms with van der Waals surface area (Å²) in [7, 11) is -0.366. The molecular weight excluding hydrogens is 1210 g/mol. The van der Waals surface area contributed by atoms with E-state index < -0.39 is 33.0 Å². The fourth-order valence-electron chi connectivity index (χ4n) is 8.70. The van der Waals surface area contributed by atoms with Crippen LogP contribution in [0.2, 0.25) is 0 Å². The number of nitrogens with zero attached hydrogens (tertiary/aromatic N) is 13. The van der Waals surface area contributed by atoms with E-state index in [0.717, 1.165) is 61.5 Å². The summed E-state index contributed by atoms with van der Waals surface area (Å²) in [5, 5.41) is 24.2. The van der Waals surface area contributed by atoms with Crippen molar-refractivity contribution in [1.82, 2.24) is 58.0 Å². The fourth-order valence-corrected chi connectivity index (χ4v) is 13.7. The summed E-state index contributed by atoms with van der Waals surface area (Å²) in [5.41, 5.74) is 18.0. The molecule has 12 rings (SSSR count). The zero-order valence-electron chi connectivity index (χ0n) is 44.3. The second-order valence-corrected chi connectivity index (χ2v) is 25.5. The number of carbonyl (C=O) groups excluding carboxylic acids is 2. The van der Waals surface area contributed by atoms with Crippen LogP contribution in [0.1, 0.15) is 43.0 Å². The maximum Gasteiger partial charge on any atom is 0.394 e. The molecule has 83 heavy (non-hydrogen) atoms. The third-order valence-electron chi connectivity index (χ3n) is 12.7. The highest BCUT2D eigenvalue weighted by Crippen LogP contribution is 2.36. The van der Waals surface area contributed by atoms with Gasteiger partial charge in [0, 0.05) is 54.7 Å². The Morgan fingerprint density at radius 1 is 0.590 bits per heavy atom. The van der Waals surface area contributed by atoms with E-state index >= 15 is 0 Å². The van der Waals surface area contributed by atoms with Crippen molar-refractivity contribution in [3.63, 3.8) is 0 Å². The number of thioether (sulfide) groups is 2. The van der Waals surface area contributed by atoms with E-state index in [0.29, 0.717) is 61.7 Å². The molecule has 2 amide bonds. The van der Waals surface area contributed by atoms with Gasteiger partial charge in [0.05, 0.1) is 74.8 Å².